The van der Waals surface area contributed by atoms with Gasteiger partial charge in [0.2, 0.25) is 11.8 Å². The molecular formula is C14H22N2O4. The van der Waals surface area contributed by atoms with Crippen LogP contribution in [-0.4, -0.2) is 46.9 Å². The summed E-state index contributed by atoms with van der Waals surface area (Å²) in [5, 5.41) is 11.8. The molecule has 1 aliphatic carbocycles. The van der Waals surface area contributed by atoms with Crippen molar-refractivity contribution in [3.05, 3.63) is 0 Å². The van der Waals surface area contributed by atoms with Crippen LogP contribution in [0.2, 0.25) is 0 Å². The fraction of sp³-hybridized carbons (Fsp3) is 0.786. The number of nitrogens with one attached hydrogen (secondary N) is 1. The molecule has 2 rings (SSSR count). The first-order valence-electron chi connectivity index (χ1n) is 7.26. The van der Waals surface area contributed by atoms with Gasteiger partial charge in [-0.25, -0.2) is 0 Å². The fourth-order valence-corrected chi connectivity index (χ4v) is 3.21. The van der Waals surface area contributed by atoms with E-state index < -0.39 is 5.97 Å². The third-order valence-corrected chi connectivity index (χ3v) is 4.33. The summed E-state index contributed by atoms with van der Waals surface area (Å²) < 4.78 is 0. The van der Waals surface area contributed by atoms with E-state index in [-0.39, 0.29) is 29.7 Å². The number of hydrogen-bond acceptors (Lipinski definition) is 3. The molecule has 0 aromatic carbocycles. The zero-order valence-electron chi connectivity index (χ0n) is 11.8. The SMILES string of the molecule is CC(=O)NC1CCN(C(=O)C2CCC(C(=O)O)CC2)C1. The molecule has 0 radical (unpaired) electrons. The second-order valence-electron chi connectivity index (χ2n) is 5.86. The number of aliphatic carboxylic acids is 1. The average Bonchev–Trinajstić information content (AvgIpc) is 2.85. The van der Waals surface area contributed by atoms with Crippen molar-refractivity contribution >= 4 is 17.8 Å². The van der Waals surface area contributed by atoms with Crippen molar-refractivity contribution in [3.63, 3.8) is 0 Å². The van der Waals surface area contributed by atoms with Crippen molar-refractivity contribution < 1.29 is 19.5 Å². The minimum Gasteiger partial charge on any atom is -0.481 e. The number of rotatable bonds is 3. The highest BCUT2D eigenvalue weighted by Gasteiger charge is 2.34. The maximum atomic E-state index is 12.4. The maximum absolute atomic E-state index is 12.4. The summed E-state index contributed by atoms with van der Waals surface area (Å²) >= 11 is 0. The molecule has 2 N–H and O–H groups in total. The van der Waals surface area contributed by atoms with Gasteiger partial charge in [-0.15, -0.1) is 0 Å². The second-order valence-corrected chi connectivity index (χ2v) is 5.86. The zero-order valence-corrected chi connectivity index (χ0v) is 11.8. The van der Waals surface area contributed by atoms with Gasteiger partial charge in [0.05, 0.1) is 5.92 Å². The van der Waals surface area contributed by atoms with Crippen LogP contribution in [0.5, 0.6) is 0 Å². The number of nitrogens with zero attached hydrogens (tertiary/aromatic N) is 1. The molecule has 0 spiro atoms. The topological polar surface area (TPSA) is 86.7 Å². The lowest BCUT2D eigenvalue weighted by Crippen LogP contribution is -2.40. The van der Waals surface area contributed by atoms with E-state index in [2.05, 4.69) is 5.32 Å². The van der Waals surface area contributed by atoms with Gasteiger partial charge in [-0.3, -0.25) is 14.4 Å². The minimum atomic E-state index is -0.747. The van der Waals surface area contributed by atoms with Crippen molar-refractivity contribution in [2.75, 3.05) is 13.1 Å². The van der Waals surface area contributed by atoms with E-state index in [1.54, 1.807) is 0 Å². The molecule has 1 saturated heterocycles. The monoisotopic (exact) mass is 282 g/mol. The Kier molecular flexibility index (Phi) is 4.62. The first-order chi connectivity index (χ1) is 9.47. The number of likely N-dealkylation sites (tertiary alicyclic amines) is 1. The van der Waals surface area contributed by atoms with Gasteiger partial charge in [-0.05, 0) is 32.1 Å². The van der Waals surface area contributed by atoms with Crippen LogP contribution in [0.15, 0.2) is 0 Å². The van der Waals surface area contributed by atoms with Crippen LogP contribution in [0.4, 0.5) is 0 Å². The van der Waals surface area contributed by atoms with Crippen molar-refractivity contribution in [1.29, 1.82) is 0 Å². The largest absolute Gasteiger partial charge is 0.481 e. The van der Waals surface area contributed by atoms with E-state index in [4.69, 9.17) is 5.11 Å². The molecule has 2 aliphatic rings. The molecule has 6 heteroatoms. The van der Waals surface area contributed by atoms with Gasteiger partial charge < -0.3 is 15.3 Å². The first-order valence-corrected chi connectivity index (χ1v) is 7.26. The molecular weight excluding hydrogens is 260 g/mol. The van der Waals surface area contributed by atoms with E-state index in [9.17, 15) is 14.4 Å². The summed E-state index contributed by atoms with van der Waals surface area (Å²) in [7, 11) is 0. The van der Waals surface area contributed by atoms with Crippen molar-refractivity contribution in [2.45, 2.75) is 45.1 Å². The Morgan fingerprint density at radius 1 is 1.05 bits per heavy atom. The van der Waals surface area contributed by atoms with E-state index >= 15 is 0 Å². The molecule has 2 amide bonds. The van der Waals surface area contributed by atoms with Crippen molar-refractivity contribution in [3.8, 4) is 0 Å². The number of amides is 2. The number of carboxylic acids is 1. The van der Waals surface area contributed by atoms with Gasteiger partial charge in [0, 0.05) is 32.0 Å². The Bertz CT molecular complexity index is 398. The Morgan fingerprint density at radius 2 is 1.65 bits per heavy atom. The van der Waals surface area contributed by atoms with Crippen LogP contribution in [0.25, 0.3) is 0 Å². The molecule has 1 saturated carbocycles. The summed E-state index contributed by atoms with van der Waals surface area (Å²) in [6.07, 6.45) is 3.31. The highest BCUT2D eigenvalue weighted by atomic mass is 16.4. The van der Waals surface area contributed by atoms with Crippen LogP contribution in [0.1, 0.15) is 39.0 Å². The fourth-order valence-electron chi connectivity index (χ4n) is 3.21. The van der Waals surface area contributed by atoms with Gasteiger partial charge in [0.25, 0.3) is 0 Å². The van der Waals surface area contributed by atoms with Gasteiger partial charge in [-0.1, -0.05) is 0 Å². The van der Waals surface area contributed by atoms with Crippen LogP contribution < -0.4 is 5.32 Å². The lowest BCUT2D eigenvalue weighted by molar-refractivity contribution is -0.145. The molecule has 0 aromatic rings. The second kappa shape index (κ2) is 6.24. The lowest BCUT2D eigenvalue weighted by atomic mass is 9.81. The Balaban J connectivity index is 1.81. The first kappa shape index (κ1) is 14.8. The third kappa shape index (κ3) is 3.49. The summed E-state index contributed by atoms with van der Waals surface area (Å²) in [6.45, 7) is 2.75. The van der Waals surface area contributed by atoms with Gasteiger partial charge in [-0.2, -0.15) is 0 Å². The van der Waals surface area contributed by atoms with Crippen molar-refractivity contribution in [2.24, 2.45) is 11.8 Å². The number of carbonyl (C=O) groups excluding carboxylic acids is 2. The van der Waals surface area contributed by atoms with E-state index in [1.165, 1.54) is 6.92 Å². The van der Waals surface area contributed by atoms with Gasteiger partial charge in [0.1, 0.15) is 0 Å². The Hall–Kier alpha value is -1.59. The number of hydrogen-bond donors (Lipinski definition) is 2. The van der Waals surface area contributed by atoms with Crippen LogP contribution >= 0.6 is 0 Å². The molecule has 1 atom stereocenters. The minimum absolute atomic E-state index is 0.0401. The van der Waals surface area contributed by atoms with E-state index in [1.807, 2.05) is 4.90 Å². The van der Waals surface area contributed by atoms with Gasteiger partial charge in [0.15, 0.2) is 0 Å². The molecule has 0 aromatic heterocycles. The Morgan fingerprint density at radius 3 is 2.20 bits per heavy atom. The molecule has 2 fully saturated rings. The Labute approximate surface area is 118 Å². The molecule has 1 aliphatic heterocycles. The lowest BCUT2D eigenvalue weighted by Gasteiger charge is -2.28. The number of carboxylic acid groups (broad SMARTS) is 1. The average molecular weight is 282 g/mol. The smallest absolute Gasteiger partial charge is 0.306 e. The summed E-state index contributed by atoms with van der Waals surface area (Å²) in [5.41, 5.74) is 0. The maximum Gasteiger partial charge on any atom is 0.306 e. The summed E-state index contributed by atoms with van der Waals surface area (Å²) in [5.74, 6) is -1.01. The molecule has 1 unspecified atom stereocenters. The standard InChI is InChI=1S/C14H22N2O4/c1-9(17)15-12-6-7-16(8-12)13(18)10-2-4-11(5-3-10)14(19)20/h10-12H,2-8H2,1H3,(H,15,17)(H,19,20). The highest BCUT2D eigenvalue weighted by molar-refractivity contribution is 5.80. The number of carbonyl (C=O) groups is 3. The summed E-state index contributed by atoms with van der Waals surface area (Å²) in [6, 6.07) is 0.0619. The molecule has 112 valence electrons. The highest BCUT2D eigenvalue weighted by Crippen LogP contribution is 2.31. The summed E-state index contributed by atoms with van der Waals surface area (Å²) in [4.78, 5) is 36.1. The van der Waals surface area contributed by atoms with E-state index in [0.29, 0.717) is 38.8 Å². The van der Waals surface area contributed by atoms with Crippen LogP contribution in [-0.2, 0) is 14.4 Å². The molecule has 1 heterocycles. The zero-order chi connectivity index (χ0) is 14.7. The molecule has 6 nitrogen and oxygen atoms in total. The quantitative estimate of drug-likeness (QED) is 0.794. The normalized spacial score (nSPS) is 30.1. The third-order valence-electron chi connectivity index (χ3n) is 4.33. The molecule has 0 bridgehead atoms. The van der Waals surface area contributed by atoms with E-state index in [0.717, 1.165) is 6.42 Å². The predicted molar refractivity (Wildman–Crippen MR) is 71.9 cm³/mol. The van der Waals surface area contributed by atoms with Crippen molar-refractivity contribution in [1.82, 2.24) is 10.2 Å². The predicted octanol–water partition coefficient (Wildman–Crippen LogP) is 0.614. The van der Waals surface area contributed by atoms with Crippen LogP contribution in [0.3, 0.4) is 0 Å². The van der Waals surface area contributed by atoms with Gasteiger partial charge >= 0.3 is 5.97 Å². The van der Waals surface area contributed by atoms with Crippen LogP contribution in [0, 0.1) is 11.8 Å². The molecule has 20 heavy (non-hydrogen) atoms.